The van der Waals surface area contributed by atoms with Crippen LogP contribution < -0.4 is 5.32 Å². The second-order valence-corrected chi connectivity index (χ2v) is 4.88. The van der Waals surface area contributed by atoms with Gasteiger partial charge in [0.15, 0.2) is 5.15 Å². The summed E-state index contributed by atoms with van der Waals surface area (Å²) in [6.45, 7) is 0.296. The van der Waals surface area contributed by atoms with Gasteiger partial charge < -0.3 is 10.4 Å². The highest BCUT2D eigenvalue weighted by Crippen LogP contribution is 2.24. The van der Waals surface area contributed by atoms with E-state index in [-0.39, 0.29) is 17.9 Å². The van der Waals surface area contributed by atoms with Gasteiger partial charge in [-0.2, -0.15) is 0 Å². The molecule has 0 saturated heterocycles. The Morgan fingerprint density at radius 1 is 1.33 bits per heavy atom. The molecule has 5 nitrogen and oxygen atoms in total. The van der Waals surface area contributed by atoms with E-state index >= 15 is 0 Å². The third-order valence-corrected chi connectivity index (χ3v) is 3.54. The maximum Gasteiger partial charge on any atom is 0.223 e. The van der Waals surface area contributed by atoms with Crippen molar-refractivity contribution in [3.05, 3.63) is 23.2 Å². The highest BCUT2D eigenvalue weighted by molar-refractivity contribution is 6.29. The number of aliphatic hydroxyl groups is 1. The number of amides is 1. The van der Waals surface area contributed by atoms with Crippen molar-refractivity contribution in [1.29, 1.82) is 0 Å². The number of nitrogens with zero attached hydrogens (tertiary/aromatic N) is 2. The maximum atomic E-state index is 11.9. The molecule has 0 aromatic carbocycles. The summed E-state index contributed by atoms with van der Waals surface area (Å²) in [7, 11) is 0. The first-order chi connectivity index (χ1) is 8.66. The summed E-state index contributed by atoms with van der Waals surface area (Å²) in [5.41, 5.74) is 0.573. The molecule has 1 fully saturated rings. The van der Waals surface area contributed by atoms with Gasteiger partial charge in [0.05, 0.1) is 18.3 Å². The first kappa shape index (κ1) is 13.2. The number of hydrogen-bond donors (Lipinski definition) is 2. The lowest BCUT2D eigenvalue weighted by atomic mass is 9.87. The largest absolute Gasteiger partial charge is 0.393 e. The van der Waals surface area contributed by atoms with Crippen LogP contribution in [0.3, 0.4) is 0 Å². The fourth-order valence-electron chi connectivity index (χ4n) is 2.12. The monoisotopic (exact) mass is 269 g/mol. The smallest absolute Gasteiger partial charge is 0.223 e. The van der Waals surface area contributed by atoms with Crippen molar-refractivity contribution in [2.75, 3.05) is 0 Å². The molecule has 2 N–H and O–H groups in total. The quantitative estimate of drug-likeness (QED) is 0.867. The van der Waals surface area contributed by atoms with Crippen LogP contribution in [-0.2, 0) is 11.3 Å². The van der Waals surface area contributed by atoms with Crippen LogP contribution in [0.5, 0.6) is 0 Å². The normalized spacial score (nSPS) is 23.7. The molecule has 0 aliphatic heterocycles. The number of carbonyl (C=O) groups excluding carboxylic acids is 1. The maximum absolute atomic E-state index is 11.9. The number of rotatable bonds is 3. The number of halogens is 1. The second kappa shape index (κ2) is 6.11. The fourth-order valence-corrected chi connectivity index (χ4v) is 2.29. The van der Waals surface area contributed by atoms with E-state index in [0.29, 0.717) is 30.2 Å². The van der Waals surface area contributed by atoms with Crippen molar-refractivity contribution >= 4 is 17.5 Å². The van der Waals surface area contributed by atoms with Gasteiger partial charge in [-0.25, -0.2) is 4.98 Å². The number of aromatic nitrogens is 2. The summed E-state index contributed by atoms with van der Waals surface area (Å²) in [5, 5.41) is 12.5. The van der Waals surface area contributed by atoms with Crippen LogP contribution in [0.15, 0.2) is 12.4 Å². The molecule has 1 saturated carbocycles. The van der Waals surface area contributed by atoms with Crippen LogP contribution in [0.1, 0.15) is 31.4 Å². The van der Waals surface area contributed by atoms with Gasteiger partial charge >= 0.3 is 0 Å². The lowest BCUT2D eigenvalue weighted by molar-refractivity contribution is -0.126. The summed E-state index contributed by atoms with van der Waals surface area (Å²) >= 11 is 5.85. The number of carbonyl (C=O) groups is 1. The summed E-state index contributed by atoms with van der Waals surface area (Å²) in [5.74, 6) is -0.00698. The van der Waals surface area contributed by atoms with E-state index in [2.05, 4.69) is 15.3 Å². The molecule has 0 spiro atoms. The zero-order chi connectivity index (χ0) is 13.0. The summed E-state index contributed by atoms with van der Waals surface area (Å²) in [6.07, 6.45) is 5.68. The predicted molar refractivity (Wildman–Crippen MR) is 66.9 cm³/mol. The van der Waals surface area contributed by atoms with Gasteiger partial charge in [0.25, 0.3) is 0 Å². The second-order valence-electron chi connectivity index (χ2n) is 4.52. The van der Waals surface area contributed by atoms with Crippen molar-refractivity contribution in [2.24, 2.45) is 5.92 Å². The Bertz CT molecular complexity index is 420. The molecule has 0 unspecified atom stereocenters. The average molecular weight is 270 g/mol. The van der Waals surface area contributed by atoms with Crippen molar-refractivity contribution in [2.45, 2.75) is 38.3 Å². The molecule has 1 aromatic heterocycles. The molecular weight excluding hydrogens is 254 g/mol. The molecule has 0 radical (unpaired) electrons. The van der Waals surface area contributed by atoms with Crippen LogP contribution in [0.2, 0.25) is 5.15 Å². The standard InChI is InChI=1S/C12H16ClN3O2/c13-11-10(14-5-6-15-11)7-16-12(18)8-1-3-9(17)4-2-8/h5-6,8-9,17H,1-4,7H2,(H,16,18)/t8-,9+. The van der Waals surface area contributed by atoms with E-state index in [4.69, 9.17) is 11.6 Å². The molecule has 1 aliphatic rings. The number of hydrogen-bond acceptors (Lipinski definition) is 4. The molecule has 6 heteroatoms. The zero-order valence-electron chi connectivity index (χ0n) is 9.97. The summed E-state index contributed by atoms with van der Waals surface area (Å²) in [4.78, 5) is 19.9. The highest BCUT2D eigenvalue weighted by atomic mass is 35.5. The van der Waals surface area contributed by atoms with Crippen LogP contribution >= 0.6 is 11.6 Å². The minimum absolute atomic E-state index is 0.00335. The topological polar surface area (TPSA) is 75.1 Å². The number of aliphatic hydroxyl groups excluding tert-OH is 1. The zero-order valence-corrected chi connectivity index (χ0v) is 10.7. The van der Waals surface area contributed by atoms with Gasteiger partial charge in [-0.15, -0.1) is 0 Å². The Balaban J connectivity index is 1.83. The third kappa shape index (κ3) is 3.40. The van der Waals surface area contributed by atoms with Gasteiger partial charge in [0.1, 0.15) is 0 Å². The van der Waals surface area contributed by atoms with Crippen molar-refractivity contribution in [3.8, 4) is 0 Å². The first-order valence-electron chi connectivity index (χ1n) is 6.08. The Morgan fingerprint density at radius 3 is 2.67 bits per heavy atom. The lowest BCUT2D eigenvalue weighted by Gasteiger charge is -2.24. The van der Waals surface area contributed by atoms with Crippen molar-refractivity contribution in [3.63, 3.8) is 0 Å². The van der Waals surface area contributed by atoms with E-state index in [1.165, 1.54) is 6.20 Å². The Morgan fingerprint density at radius 2 is 2.00 bits per heavy atom. The molecule has 18 heavy (non-hydrogen) atoms. The average Bonchev–Trinajstić information content (AvgIpc) is 2.38. The molecule has 1 heterocycles. The van der Waals surface area contributed by atoms with Crippen LogP contribution in [0.25, 0.3) is 0 Å². The molecular formula is C12H16ClN3O2. The molecule has 2 rings (SSSR count). The van der Waals surface area contributed by atoms with Gasteiger partial charge in [-0.3, -0.25) is 9.78 Å². The SMILES string of the molecule is O=C(NCc1nccnc1Cl)[C@H]1CC[C@@H](O)CC1. The molecule has 0 bridgehead atoms. The number of nitrogens with one attached hydrogen (secondary N) is 1. The summed E-state index contributed by atoms with van der Waals surface area (Å²) in [6, 6.07) is 0. The van der Waals surface area contributed by atoms with Crippen molar-refractivity contribution in [1.82, 2.24) is 15.3 Å². The Hall–Kier alpha value is -1.20. The van der Waals surface area contributed by atoms with E-state index < -0.39 is 0 Å². The van der Waals surface area contributed by atoms with Crippen LogP contribution in [0.4, 0.5) is 0 Å². The minimum Gasteiger partial charge on any atom is -0.393 e. The van der Waals surface area contributed by atoms with Gasteiger partial charge in [0, 0.05) is 18.3 Å². The highest BCUT2D eigenvalue weighted by Gasteiger charge is 2.25. The minimum atomic E-state index is -0.247. The van der Waals surface area contributed by atoms with E-state index in [0.717, 1.165) is 12.8 Å². The Kier molecular flexibility index (Phi) is 4.49. The van der Waals surface area contributed by atoms with Crippen molar-refractivity contribution < 1.29 is 9.90 Å². The molecule has 1 aromatic rings. The van der Waals surface area contributed by atoms with Gasteiger partial charge in [-0.05, 0) is 25.7 Å². The van der Waals surface area contributed by atoms with E-state index in [1.54, 1.807) is 6.20 Å². The molecule has 1 amide bonds. The molecule has 1 aliphatic carbocycles. The summed E-state index contributed by atoms with van der Waals surface area (Å²) < 4.78 is 0. The van der Waals surface area contributed by atoms with Gasteiger partial charge in [0.2, 0.25) is 5.91 Å². The van der Waals surface area contributed by atoms with Gasteiger partial charge in [-0.1, -0.05) is 11.6 Å². The first-order valence-corrected chi connectivity index (χ1v) is 6.45. The van der Waals surface area contributed by atoms with Crippen LogP contribution in [0, 0.1) is 5.92 Å². The molecule has 0 atom stereocenters. The van der Waals surface area contributed by atoms with E-state index in [9.17, 15) is 9.90 Å². The predicted octanol–water partition coefficient (Wildman–Crippen LogP) is 1.30. The fraction of sp³-hybridized carbons (Fsp3) is 0.583. The Labute approximate surface area is 111 Å². The lowest BCUT2D eigenvalue weighted by Crippen LogP contribution is -2.34. The third-order valence-electron chi connectivity index (χ3n) is 3.22. The molecule has 98 valence electrons. The van der Waals surface area contributed by atoms with E-state index in [1.807, 2.05) is 0 Å². The van der Waals surface area contributed by atoms with Crippen LogP contribution in [-0.4, -0.2) is 27.1 Å².